The summed E-state index contributed by atoms with van der Waals surface area (Å²) in [5.41, 5.74) is 0.792. The normalized spacial score (nSPS) is 17.1. The fourth-order valence-corrected chi connectivity index (χ4v) is 1.86. The van der Waals surface area contributed by atoms with Crippen molar-refractivity contribution in [3.8, 4) is 0 Å². The van der Waals surface area contributed by atoms with Crippen LogP contribution in [0.15, 0.2) is 24.3 Å². The third-order valence-electron chi connectivity index (χ3n) is 2.70. The number of nitrogens with one attached hydrogen (secondary N) is 1. The maximum atomic E-state index is 11.9. The third-order valence-corrected chi connectivity index (χ3v) is 2.96. The molecule has 0 radical (unpaired) electrons. The van der Waals surface area contributed by atoms with E-state index in [0.29, 0.717) is 18.2 Å². The Morgan fingerprint density at radius 1 is 1.25 bits per heavy atom. The van der Waals surface area contributed by atoms with Crippen molar-refractivity contribution in [2.75, 3.05) is 18.5 Å². The summed E-state index contributed by atoms with van der Waals surface area (Å²) in [7, 11) is 0. The SMILES string of the molecule is O=C(Nc1ccc(Cl)cc1)C1CCOCC1. The molecule has 1 saturated heterocycles. The molecule has 1 aromatic rings. The fraction of sp³-hybridized carbons (Fsp3) is 0.417. The van der Waals surface area contributed by atoms with Crippen LogP contribution in [-0.2, 0) is 9.53 Å². The molecule has 0 atom stereocenters. The van der Waals surface area contributed by atoms with Crippen LogP contribution in [0.2, 0.25) is 5.02 Å². The number of carbonyl (C=O) groups is 1. The summed E-state index contributed by atoms with van der Waals surface area (Å²) >= 11 is 5.77. The molecule has 0 bridgehead atoms. The molecule has 1 amide bonds. The molecule has 86 valence electrons. The van der Waals surface area contributed by atoms with E-state index in [9.17, 15) is 4.79 Å². The Morgan fingerprint density at radius 3 is 2.50 bits per heavy atom. The highest BCUT2D eigenvalue weighted by molar-refractivity contribution is 6.30. The lowest BCUT2D eigenvalue weighted by Crippen LogP contribution is -2.28. The molecule has 3 nitrogen and oxygen atoms in total. The van der Waals surface area contributed by atoms with Gasteiger partial charge in [0, 0.05) is 29.8 Å². The minimum absolute atomic E-state index is 0.0735. The van der Waals surface area contributed by atoms with E-state index in [1.807, 2.05) is 0 Å². The van der Waals surface area contributed by atoms with Crippen molar-refractivity contribution < 1.29 is 9.53 Å². The quantitative estimate of drug-likeness (QED) is 0.862. The Balaban J connectivity index is 1.93. The van der Waals surface area contributed by atoms with Crippen LogP contribution in [-0.4, -0.2) is 19.1 Å². The molecular weight excluding hydrogens is 226 g/mol. The fourth-order valence-electron chi connectivity index (χ4n) is 1.74. The summed E-state index contributed by atoms with van der Waals surface area (Å²) in [5, 5.41) is 3.56. The van der Waals surface area contributed by atoms with Gasteiger partial charge in [-0.3, -0.25) is 4.79 Å². The van der Waals surface area contributed by atoms with E-state index < -0.39 is 0 Å². The molecule has 1 heterocycles. The van der Waals surface area contributed by atoms with Gasteiger partial charge in [-0.1, -0.05) is 11.6 Å². The maximum absolute atomic E-state index is 11.9. The van der Waals surface area contributed by atoms with Crippen LogP contribution >= 0.6 is 11.6 Å². The highest BCUT2D eigenvalue weighted by atomic mass is 35.5. The highest BCUT2D eigenvalue weighted by Gasteiger charge is 2.21. The first-order valence-corrected chi connectivity index (χ1v) is 5.77. The van der Waals surface area contributed by atoms with Gasteiger partial charge in [0.15, 0.2) is 0 Å². The molecule has 0 saturated carbocycles. The van der Waals surface area contributed by atoms with Gasteiger partial charge in [-0.2, -0.15) is 0 Å². The lowest BCUT2D eigenvalue weighted by molar-refractivity contribution is -0.122. The first-order valence-electron chi connectivity index (χ1n) is 5.40. The largest absolute Gasteiger partial charge is 0.381 e. The molecule has 1 fully saturated rings. The number of ether oxygens (including phenoxy) is 1. The minimum atomic E-state index is 0.0735. The van der Waals surface area contributed by atoms with Gasteiger partial charge in [-0.25, -0.2) is 0 Å². The Labute approximate surface area is 99.7 Å². The van der Waals surface area contributed by atoms with Gasteiger partial charge < -0.3 is 10.1 Å². The second-order valence-corrected chi connectivity index (χ2v) is 4.32. The Morgan fingerprint density at radius 2 is 1.88 bits per heavy atom. The van der Waals surface area contributed by atoms with Crippen LogP contribution in [0.1, 0.15) is 12.8 Å². The van der Waals surface area contributed by atoms with Crippen LogP contribution < -0.4 is 5.32 Å². The zero-order valence-corrected chi connectivity index (χ0v) is 9.67. The van der Waals surface area contributed by atoms with E-state index in [4.69, 9.17) is 16.3 Å². The van der Waals surface area contributed by atoms with Crippen LogP contribution in [0.4, 0.5) is 5.69 Å². The Kier molecular flexibility index (Phi) is 3.80. The Hall–Kier alpha value is -1.06. The second kappa shape index (κ2) is 5.32. The molecule has 0 aliphatic carbocycles. The van der Waals surface area contributed by atoms with Crippen molar-refractivity contribution in [2.45, 2.75) is 12.8 Å². The van der Waals surface area contributed by atoms with E-state index in [1.165, 1.54) is 0 Å². The van der Waals surface area contributed by atoms with Gasteiger partial charge in [0.2, 0.25) is 5.91 Å². The van der Waals surface area contributed by atoms with Gasteiger partial charge >= 0.3 is 0 Å². The molecule has 0 unspecified atom stereocenters. The van der Waals surface area contributed by atoms with Crippen molar-refractivity contribution in [1.82, 2.24) is 0 Å². The molecule has 16 heavy (non-hydrogen) atoms. The van der Waals surface area contributed by atoms with E-state index in [2.05, 4.69) is 5.32 Å². The van der Waals surface area contributed by atoms with Gasteiger partial charge in [-0.15, -0.1) is 0 Å². The summed E-state index contributed by atoms with van der Waals surface area (Å²) in [6, 6.07) is 7.14. The number of rotatable bonds is 2. The Bertz CT molecular complexity index is 358. The van der Waals surface area contributed by atoms with Crippen molar-refractivity contribution in [1.29, 1.82) is 0 Å². The lowest BCUT2D eigenvalue weighted by atomic mass is 9.99. The average molecular weight is 240 g/mol. The predicted molar refractivity (Wildman–Crippen MR) is 63.6 cm³/mol. The molecular formula is C12H14ClNO2. The predicted octanol–water partition coefficient (Wildman–Crippen LogP) is 2.71. The van der Waals surface area contributed by atoms with Crippen molar-refractivity contribution in [3.63, 3.8) is 0 Å². The summed E-state index contributed by atoms with van der Waals surface area (Å²) in [5.74, 6) is 0.148. The van der Waals surface area contributed by atoms with Crippen LogP contribution in [0.5, 0.6) is 0 Å². The number of benzene rings is 1. The molecule has 0 aromatic heterocycles. The first-order chi connectivity index (χ1) is 7.75. The van der Waals surface area contributed by atoms with Gasteiger partial charge in [0.25, 0.3) is 0 Å². The summed E-state index contributed by atoms with van der Waals surface area (Å²) in [4.78, 5) is 11.9. The number of amides is 1. The molecule has 4 heteroatoms. The van der Waals surface area contributed by atoms with Gasteiger partial charge in [-0.05, 0) is 37.1 Å². The zero-order valence-electron chi connectivity index (χ0n) is 8.91. The molecule has 0 spiro atoms. The zero-order chi connectivity index (χ0) is 11.4. The van der Waals surface area contributed by atoms with Crippen LogP contribution in [0, 0.1) is 5.92 Å². The van der Waals surface area contributed by atoms with Crippen LogP contribution in [0.25, 0.3) is 0 Å². The number of halogens is 1. The lowest BCUT2D eigenvalue weighted by Gasteiger charge is -2.21. The van der Waals surface area contributed by atoms with E-state index in [1.54, 1.807) is 24.3 Å². The molecule has 1 aliphatic rings. The topological polar surface area (TPSA) is 38.3 Å². The number of anilines is 1. The van der Waals surface area contributed by atoms with E-state index in [0.717, 1.165) is 18.5 Å². The van der Waals surface area contributed by atoms with Crippen LogP contribution in [0.3, 0.4) is 0 Å². The van der Waals surface area contributed by atoms with E-state index >= 15 is 0 Å². The monoisotopic (exact) mass is 239 g/mol. The molecule has 1 N–H and O–H groups in total. The average Bonchev–Trinajstić information content (AvgIpc) is 2.33. The van der Waals surface area contributed by atoms with E-state index in [-0.39, 0.29) is 11.8 Å². The number of carbonyl (C=O) groups excluding carboxylic acids is 1. The standard InChI is InChI=1S/C12H14ClNO2/c13-10-1-3-11(4-2-10)14-12(15)9-5-7-16-8-6-9/h1-4,9H,5-8H2,(H,14,15). The van der Waals surface area contributed by atoms with Gasteiger partial charge in [0.1, 0.15) is 0 Å². The smallest absolute Gasteiger partial charge is 0.227 e. The third kappa shape index (κ3) is 2.97. The molecule has 1 aliphatic heterocycles. The highest BCUT2D eigenvalue weighted by Crippen LogP contribution is 2.18. The minimum Gasteiger partial charge on any atom is -0.381 e. The summed E-state index contributed by atoms with van der Waals surface area (Å²) in [6.45, 7) is 1.36. The van der Waals surface area contributed by atoms with Crippen molar-refractivity contribution >= 4 is 23.2 Å². The summed E-state index contributed by atoms with van der Waals surface area (Å²) in [6.07, 6.45) is 1.61. The first kappa shape index (κ1) is 11.4. The molecule has 2 rings (SSSR count). The summed E-state index contributed by atoms with van der Waals surface area (Å²) < 4.78 is 5.22. The number of hydrogen-bond donors (Lipinski definition) is 1. The van der Waals surface area contributed by atoms with Crippen molar-refractivity contribution in [2.24, 2.45) is 5.92 Å². The van der Waals surface area contributed by atoms with Crippen molar-refractivity contribution in [3.05, 3.63) is 29.3 Å². The second-order valence-electron chi connectivity index (χ2n) is 3.88. The number of hydrogen-bond acceptors (Lipinski definition) is 2. The van der Waals surface area contributed by atoms with Gasteiger partial charge in [0.05, 0.1) is 0 Å². The molecule has 1 aromatic carbocycles. The maximum Gasteiger partial charge on any atom is 0.227 e.